The highest BCUT2D eigenvalue weighted by atomic mass is 35.5. The zero-order chi connectivity index (χ0) is 13.4. The van der Waals surface area contributed by atoms with Crippen molar-refractivity contribution in [3.05, 3.63) is 29.0 Å². The molecule has 0 aromatic carbocycles. The van der Waals surface area contributed by atoms with Gasteiger partial charge >= 0.3 is 0 Å². The van der Waals surface area contributed by atoms with Crippen molar-refractivity contribution >= 4 is 11.6 Å². The van der Waals surface area contributed by atoms with E-state index in [1.54, 1.807) is 12.4 Å². The number of nitrogens with one attached hydrogen (secondary N) is 1. The van der Waals surface area contributed by atoms with Crippen LogP contribution in [0.5, 0.6) is 0 Å². The Kier molecular flexibility index (Phi) is 7.25. The van der Waals surface area contributed by atoms with Gasteiger partial charge in [-0.05, 0) is 36.8 Å². The van der Waals surface area contributed by atoms with Crippen LogP contribution in [-0.4, -0.2) is 11.0 Å². The Bertz CT molecular complexity index is 338. The van der Waals surface area contributed by atoms with Crippen molar-refractivity contribution in [1.82, 2.24) is 10.4 Å². The Labute approximate surface area is 115 Å². The number of nitrogens with two attached hydrogens (primary N) is 1. The van der Waals surface area contributed by atoms with Gasteiger partial charge in [0.25, 0.3) is 0 Å². The Morgan fingerprint density at radius 3 is 2.50 bits per heavy atom. The van der Waals surface area contributed by atoms with Crippen LogP contribution in [0.25, 0.3) is 0 Å². The largest absolute Gasteiger partial charge is 0.271 e. The third-order valence-electron chi connectivity index (χ3n) is 3.40. The summed E-state index contributed by atoms with van der Waals surface area (Å²) in [6, 6.07) is 2.26. The first kappa shape index (κ1) is 15.4. The lowest BCUT2D eigenvalue weighted by Crippen LogP contribution is -2.42. The molecule has 1 aromatic rings. The van der Waals surface area contributed by atoms with E-state index in [1.165, 1.54) is 25.7 Å². The van der Waals surface area contributed by atoms with Crippen LogP contribution in [0, 0.1) is 5.92 Å². The van der Waals surface area contributed by atoms with E-state index in [-0.39, 0.29) is 6.04 Å². The summed E-state index contributed by atoms with van der Waals surface area (Å²) < 4.78 is 0. The topological polar surface area (TPSA) is 50.9 Å². The van der Waals surface area contributed by atoms with E-state index >= 15 is 0 Å². The molecule has 0 fully saturated rings. The fraction of sp³-hybridized carbons (Fsp3) is 0.643. The molecule has 0 aliphatic heterocycles. The molecule has 4 heteroatoms. The molecular formula is C14H24ClN3. The van der Waals surface area contributed by atoms with Gasteiger partial charge in [0.15, 0.2) is 0 Å². The molecule has 1 rings (SSSR count). The molecule has 3 N–H and O–H groups in total. The minimum absolute atomic E-state index is 0.282. The Hall–Kier alpha value is -0.640. The molecule has 0 aliphatic carbocycles. The predicted molar refractivity (Wildman–Crippen MR) is 77.4 cm³/mol. The quantitative estimate of drug-likeness (QED) is 0.562. The first-order chi connectivity index (χ1) is 8.72. The normalized spacial score (nSPS) is 12.9. The fourth-order valence-corrected chi connectivity index (χ4v) is 2.65. The number of aromatic nitrogens is 1. The average molecular weight is 270 g/mol. The Balaban J connectivity index is 2.73. The molecule has 102 valence electrons. The van der Waals surface area contributed by atoms with Crippen molar-refractivity contribution in [3.63, 3.8) is 0 Å². The summed E-state index contributed by atoms with van der Waals surface area (Å²) in [6.07, 6.45) is 9.11. The van der Waals surface area contributed by atoms with Crippen molar-refractivity contribution in [2.75, 3.05) is 0 Å². The third-order valence-corrected chi connectivity index (χ3v) is 3.74. The lowest BCUT2D eigenvalue weighted by atomic mass is 9.87. The van der Waals surface area contributed by atoms with Crippen molar-refractivity contribution < 1.29 is 0 Å². The van der Waals surface area contributed by atoms with Crippen molar-refractivity contribution in [3.8, 4) is 0 Å². The van der Waals surface area contributed by atoms with Gasteiger partial charge in [-0.3, -0.25) is 16.3 Å². The minimum atomic E-state index is 0.282. The second kappa shape index (κ2) is 8.46. The van der Waals surface area contributed by atoms with E-state index in [1.807, 2.05) is 6.07 Å². The molecule has 1 heterocycles. The van der Waals surface area contributed by atoms with Crippen LogP contribution in [0.3, 0.4) is 0 Å². The summed E-state index contributed by atoms with van der Waals surface area (Å²) >= 11 is 6.15. The van der Waals surface area contributed by atoms with Gasteiger partial charge in [-0.15, -0.1) is 0 Å². The van der Waals surface area contributed by atoms with E-state index in [0.717, 1.165) is 17.0 Å². The molecule has 1 atom stereocenters. The Morgan fingerprint density at radius 2 is 2.00 bits per heavy atom. The number of hydrazine groups is 1. The molecular weight excluding hydrogens is 246 g/mol. The van der Waals surface area contributed by atoms with Gasteiger partial charge < -0.3 is 0 Å². The summed E-state index contributed by atoms with van der Waals surface area (Å²) in [4.78, 5) is 4.01. The smallest absolute Gasteiger partial charge is 0.0621 e. The van der Waals surface area contributed by atoms with Crippen LogP contribution in [0.1, 0.15) is 45.1 Å². The number of nitrogens with zero attached hydrogens (tertiary/aromatic N) is 1. The van der Waals surface area contributed by atoms with Crippen LogP contribution in [0.15, 0.2) is 18.5 Å². The highest BCUT2D eigenvalue weighted by Gasteiger charge is 2.20. The van der Waals surface area contributed by atoms with Crippen molar-refractivity contribution in [2.24, 2.45) is 11.8 Å². The predicted octanol–water partition coefficient (Wildman–Crippen LogP) is 3.33. The van der Waals surface area contributed by atoms with Crippen LogP contribution >= 0.6 is 11.6 Å². The summed E-state index contributed by atoms with van der Waals surface area (Å²) in [5.74, 6) is 6.33. The molecule has 0 saturated carbocycles. The molecule has 0 amide bonds. The molecule has 0 aliphatic rings. The van der Waals surface area contributed by atoms with Gasteiger partial charge in [-0.1, -0.05) is 38.3 Å². The fourth-order valence-electron chi connectivity index (χ4n) is 2.46. The molecule has 1 aromatic heterocycles. The van der Waals surface area contributed by atoms with Crippen LogP contribution < -0.4 is 11.3 Å². The SMILES string of the molecule is CCCC(CCC)C(Cc1ccncc1Cl)NN. The zero-order valence-corrected chi connectivity index (χ0v) is 12.1. The van der Waals surface area contributed by atoms with Crippen molar-refractivity contribution in [2.45, 2.75) is 52.0 Å². The number of hydrogen-bond acceptors (Lipinski definition) is 3. The summed E-state index contributed by atoms with van der Waals surface area (Å²) in [5.41, 5.74) is 4.09. The third kappa shape index (κ3) is 4.56. The lowest BCUT2D eigenvalue weighted by Gasteiger charge is -2.26. The van der Waals surface area contributed by atoms with Gasteiger partial charge in [0.05, 0.1) is 5.02 Å². The standard InChI is InChI=1S/C14H24ClN3/c1-3-5-11(6-4-2)14(18-16)9-12-7-8-17-10-13(12)15/h7-8,10-11,14,18H,3-6,9,16H2,1-2H3. The van der Waals surface area contributed by atoms with Gasteiger partial charge in [0.2, 0.25) is 0 Å². The van der Waals surface area contributed by atoms with E-state index in [2.05, 4.69) is 24.3 Å². The number of pyridine rings is 1. The van der Waals surface area contributed by atoms with Gasteiger partial charge in [0, 0.05) is 18.4 Å². The molecule has 18 heavy (non-hydrogen) atoms. The summed E-state index contributed by atoms with van der Waals surface area (Å²) in [5, 5.41) is 0.726. The van der Waals surface area contributed by atoms with Gasteiger partial charge in [-0.2, -0.15) is 0 Å². The molecule has 3 nitrogen and oxygen atoms in total. The Morgan fingerprint density at radius 1 is 1.33 bits per heavy atom. The number of halogens is 1. The van der Waals surface area contributed by atoms with E-state index < -0.39 is 0 Å². The van der Waals surface area contributed by atoms with Crippen LogP contribution in [0.4, 0.5) is 0 Å². The average Bonchev–Trinajstić information content (AvgIpc) is 2.38. The van der Waals surface area contributed by atoms with Crippen LogP contribution in [0.2, 0.25) is 5.02 Å². The van der Waals surface area contributed by atoms with Gasteiger partial charge in [0.1, 0.15) is 0 Å². The van der Waals surface area contributed by atoms with Crippen molar-refractivity contribution in [1.29, 1.82) is 0 Å². The maximum absolute atomic E-state index is 6.15. The second-order valence-corrected chi connectivity index (χ2v) is 5.19. The summed E-state index contributed by atoms with van der Waals surface area (Å²) in [6.45, 7) is 4.44. The highest BCUT2D eigenvalue weighted by Crippen LogP contribution is 2.23. The van der Waals surface area contributed by atoms with Gasteiger partial charge in [-0.25, -0.2) is 0 Å². The highest BCUT2D eigenvalue weighted by molar-refractivity contribution is 6.31. The molecule has 0 spiro atoms. The molecule has 1 unspecified atom stereocenters. The minimum Gasteiger partial charge on any atom is -0.271 e. The first-order valence-electron chi connectivity index (χ1n) is 6.77. The second-order valence-electron chi connectivity index (χ2n) is 4.78. The van der Waals surface area contributed by atoms with E-state index in [9.17, 15) is 0 Å². The number of hydrogen-bond donors (Lipinski definition) is 2. The lowest BCUT2D eigenvalue weighted by molar-refractivity contribution is 0.311. The molecule has 0 radical (unpaired) electrons. The first-order valence-corrected chi connectivity index (χ1v) is 7.15. The summed E-state index contributed by atoms with van der Waals surface area (Å²) in [7, 11) is 0. The van der Waals surface area contributed by atoms with E-state index in [4.69, 9.17) is 17.4 Å². The molecule has 0 bridgehead atoms. The van der Waals surface area contributed by atoms with E-state index in [0.29, 0.717) is 5.92 Å². The number of rotatable bonds is 8. The maximum atomic E-state index is 6.15. The zero-order valence-electron chi connectivity index (χ0n) is 11.3. The van der Waals surface area contributed by atoms with Crippen LogP contribution in [-0.2, 0) is 6.42 Å². The monoisotopic (exact) mass is 269 g/mol. The maximum Gasteiger partial charge on any atom is 0.0621 e. The molecule has 0 saturated heterocycles.